The van der Waals surface area contributed by atoms with Gasteiger partial charge in [0, 0.05) is 24.7 Å². The van der Waals surface area contributed by atoms with E-state index < -0.39 is 16.3 Å². The minimum Gasteiger partial charge on any atom is -0.482 e. The van der Waals surface area contributed by atoms with Crippen LogP contribution in [0, 0.1) is 17.0 Å². The monoisotopic (exact) mass is 357 g/mol. The molecule has 1 aromatic carbocycles. The van der Waals surface area contributed by atoms with Crippen molar-refractivity contribution in [2.24, 2.45) is 0 Å². The molecule has 2 aromatic rings. The van der Waals surface area contributed by atoms with Gasteiger partial charge in [-0.1, -0.05) is 0 Å². The van der Waals surface area contributed by atoms with Gasteiger partial charge in [-0.25, -0.2) is 0 Å². The molecule has 0 radical (unpaired) electrons. The topological polar surface area (TPSA) is 112 Å². The lowest BCUT2D eigenvalue weighted by Crippen LogP contribution is -2.35. The molecule has 0 bridgehead atoms. The van der Waals surface area contributed by atoms with Crippen molar-refractivity contribution in [2.75, 3.05) is 18.6 Å². The van der Waals surface area contributed by atoms with Gasteiger partial charge >= 0.3 is 0 Å². The first-order chi connectivity index (χ1) is 12.3. The molecule has 26 heavy (non-hydrogen) atoms. The summed E-state index contributed by atoms with van der Waals surface area (Å²) < 4.78 is 6.37. The summed E-state index contributed by atoms with van der Waals surface area (Å²) in [6.07, 6.45) is 0. The van der Waals surface area contributed by atoms with E-state index in [-0.39, 0.29) is 36.0 Å². The van der Waals surface area contributed by atoms with Crippen LogP contribution in [0.15, 0.2) is 35.1 Å². The lowest BCUT2D eigenvalue weighted by atomic mass is 10.1. The molecule has 0 aliphatic carbocycles. The summed E-state index contributed by atoms with van der Waals surface area (Å²) in [5.74, 6) is -0.176. The number of likely N-dealkylation sites (N-methyl/N-ethyl adjacent to an activating group) is 1. The van der Waals surface area contributed by atoms with E-state index in [1.54, 1.807) is 13.1 Å². The first-order valence-electron chi connectivity index (χ1n) is 7.71. The van der Waals surface area contributed by atoms with Crippen molar-refractivity contribution in [3.05, 3.63) is 62.1 Å². The van der Waals surface area contributed by atoms with Gasteiger partial charge in [0.1, 0.15) is 5.75 Å². The molecule has 0 fully saturated rings. The number of carbonyl (C=O) groups is 2. The molecule has 0 saturated carbocycles. The van der Waals surface area contributed by atoms with Gasteiger partial charge in [-0.05, 0) is 25.1 Å². The Bertz CT molecular complexity index is 994. The van der Waals surface area contributed by atoms with Crippen LogP contribution in [0.1, 0.15) is 16.1 Å². The van der Waals surface area contributed by atoms with Crippen LogP contribution < -0.4 is 15.2 Å². The standard InChI is InChI=1S/C17H15N3O6/c1-10-12(20(24)25)4-6-16(22)19(10)8-14(21)11-3-5-15-13(7-11)18(2)17(23)9-26-15/h3-7H,8-9H2,1-2H3. The summed E-state index contributed by atoms with van der Waals surface area (Å²) in [6.45, 7) is 1.00. The maximum Gasteiger partial charge on any atom is 0.288 e. The number of fused-ring (bicyclic) bond motifs is 1. The maximum atomic E-state index is 12.6. The van der Waals surface area contributed by atoms with Crippen molar-refractivity contribution in [1.82, 2.24) is 4.57 Å². The first-order valence-corrected chi connectivity index (χ1v) is 7.71. The summed E-state index contributed by atoms with van der Waals surface area (Å²) in [4.78, 5) is 48.2. The number of hydrogen-bond acceptors (Lipinski definition) is 6. The Balaban J connectivity index is 1.95. The van der Waals surface area contributed by atoms with E-state index in [9.17, 15) is 24.5 Å². The molecule has 1 aliphatic rings. The molecule has 1 aromatic heterocycles. The average molecular weight is 357 g/mol. The minimum absolute atomic E-state index is 0.0704. The van der Waals surface area contributed by atoms with Crippen LogP contribution >= 0.6 is 0 Å². The van der Waals surface area contributed by atoms with Crippen LogP contribution in [0.3, 0.4) is 0 Å². The number of nitro groups is 1. The number of pyridine rings is 1. The average Bonchev–Trinajstić information content (AvgIpc) is 2.61. The molecule has 9 nitrogen and oxygen atoms in total. The van der Waals surface area contributed by atoms with Gasteiger partial charge in [0.15, 0.2) is 12.4 Å². The van der Waals surface area contributed by atoms with Crippen molar-refractivity contribution in [1.29, 1.82) is 0 Å². The first kappa shape index (κ1) is 17.3. The quantitative estimate of drug-likeness (QED) is 0.463. The van der Waals surface area contributed by atoms with E-state index in [0.717, 1.165) is 16.7 Å². The second kappa shape index (κ2) is 6.43. The Morgan fingerprint density at radius 2 is 2.00 bits per heavy atom. The normalized spacial score (nSPS) is 13.2. The second-order valence-electron chi connectivity index (χ2n) is 5.83. The summed E-state index contributed by atoms with van der Waals surface area (Å²) >= 11 is 0. The number of hydrogen-bond donors (Lipinski definition) is 0. The highest BCUT2D eigenvalue weighted by Crippen LogP contribution is 2.32. The van der Waals surface area contributed by atoms with Gasteiger partial charge < -0.3 is 9.64 Å². The molecule has 0 atom stereocenters. The van der Waals surface area contributed by atoms with Gasteiger partial charge in [-0.3, -0.25) is 29.1 Å². The largest absolute Gasteiger partial charge is 0.482 e. The molecule has 0 saturated heterocycles. The summed E-state index contributed by atoms with van der Waals surface area (Å²) in [6, 6.07) is 6.80. The Labute approximate surface area is 147 Å². The Hall–Kier alpha value is -3.49. The second-order valence-corrected chi connectivity index (χ2v) is 5.83. The number of anilines is 1. The molecule has 0 N–H and O–H groups in total. The highest BCUT2D eigenvalue weighted by molar-refractivity contribution is 6.01. The molecular formula is C17H15N3O6. The lowest BCUT2D eigenvalue weighted by molar-refractivity contribution is -0.386. The summed E-state index contributed by atoms with van der Waals surface area (Å²) in [7, 11) is 1.58. The van der Waals surface area contributed by atoms with E-state index in [0.29, 0.717) is 11.4 Å². The zero-order valence-corrected chi connectivity index (χ0v) is 14.1. The van der Waals surface area contributed by atoms with Crippen LogP contribution in [0.2, 0.25) is 0 Å². The van der Waals surface area contributed by atoms with Crippen molar-refractivity contribution in [3.63, 3.8) is 0 Å². The number of rotatable bonds is 4. The van der Waals surface area contributed by atoms with E-state index in [2.05, 4.69) is 0 Å². The predicted octanol–water partition coefficient (Wildman–Crippen LogP) is 1.30. The van der Waals surface area contributed by atoms with E-state index in [4.69, 9.17) is 4.74 Å². The summed E-state index contributed by atoms with van der Waals surface area (Å²) in [5, 5.41) is 11.0. The third-order valence-electron chi connectivity index (χ3n) is 4.29. The number of carbonyl (C=O) groups excluding carboxylic acids is 2. The van der Waals surface area contributed by atoms with E-state index in [1.165, 1.54) is 24.0 Å². The Morgan fingerprint density at radius 3 is 2.69 bits per heavy atom. The molecule has 3 rings (SSSR count). The molecule has 9 heteroatoms. The van der Waals surface area contributed by atoms with Crippen molar-refractivity contribution >= 4 is 23.1 Å². The molecule has 0 spiro atoms. The number of benzene rings is 1. The number of Topliss-reactive ketones (excluding diaryl/α,β-unsaturated/α-hetero) is 1. The van der Waals surface area contributed by atoms with Crippen LogP contribution in [-0.2, 0) is 11.3 Å². The zero-order valence-electron chi connectivity index (χ0n) is 14.1. The fraction of sp³-hybridized carbons (Fsp3) is 0.235. The molecule has 134 valence electrons. The van der Waals surface area contributed by atoms with Crippen LogP contribution in [0.25, 0.3) is 0 Å². The molecular weight excluding hydrogens is 342 g/mol. The third-order valence-corrected chi connectivity index (χ3v) is 4.29. The number of aromatic nitrogens is 1. The van der Waals surface area contributed by atoms with Gasteiger partial charge in [0.2, 0.25) is 0 Å². The lowest BCUT2D eigenvalue weighted by Gasteiger charge is -2.26. The third kappa shape index (κ3) is 2.94. The van der Waals surface area contributed by atoms with Gasteiger partial charge in [0.05, 0.1) is 22.8 Å². The van der Waals surface area contributed by atoms with Crippen molar-refractivity contribution in [3.8, 4) is 5.75 Å². The Kier molecular flexibility index (Phi) is 4.29. The minimum atomic E-state index is -0.605. The molecule has 0 unspecified atom stereocenters. The van der Waals surface area contributed by atoms with Gasteiger partial charge in [-0.2, -0.15) is 0 Å². The Morgan fingerprint density at radius 1 is 1.27 bits per heavy atom. The van der Waals surface area contributed by atoms with Gasteiger partial charge in [0.25, 0.3) is 17.2 Å². The number of ketones is 1. The van der Waals surface area contributed by atoms with E-state index >= 15 is 0 Å². The smallest absolute Gasteiger partial charge is 0.288 e. The van der Waals surface area contributed by atoms with Gasteiger partial charge in [-0.15, -0.1) is 0 Å². The highest BCUT2D eigenvalue weighted by atomic mass is 16.6. The number of ether oxygens (including phenoxy) is 1. The summed E-state index contributed by atoms with van der Waals surface area (Å²) in [5.41, 5.74) is 0.0861. The molecule has 2 heterocycles. The predicted molar refractivity (Wildman–Crippen MR) is 91.8 cm³/mol. The van der Waals surface area contributed by atoms with Crippen molar-refractivity contribution < 1.29 is 19.2 Å². The van der Waals surface area contributed by atoms with Crippen LogP contribution in [0.5, 0.6) is 5.75 Å². The fourth-order valence-corrected chi connectivity index (χ4v) is 2.73. The fourth-order valence-electron chi connectivity index (χ4n) is 2.73. The van der Waals surface area contributed by atoms with Crippen molar-refractivity contribution in [2.45, 2.75) is 13.5 Å². The number of amides is 1. The van der Waals surface area contributed by atoms with Crippen LogP contribution in [-0.4, -0.2) is 34.8 Å². The zero-order chi connectivity index (χ0) is 19.0. The number of nitrogens with zero attached hydrogens (tertiary/aromatic N) is 3. The van der Waals surface area contributed by atoms with Crippen LogP contribution in [0.4, 0.5) is 11.4 Å². The highest BCUT2D eigenvalue weighted by Gasteiger charge is 2.24. The molecule has 1 amide bonds. The SMILES string of the molecule is Cc1c([N+](=O)[O-])ccc(=O)n1CC(=O)c1ccc2c(c1)N(C)C(=O)CO2. The van der Waals surface area contributed by atoms with E-state index in [1.807, 2.05) is 0 Å². The molecule has 1 aliphatic heterocycles. The maximum absolute atomic E-state index is 12.6.